The molecule has 1 aliphatic rings. The van der Waals surface area contributed by atoms with Gasteiger partial charge in [0, 0.05) is 29.4 Å². The first-order valence-corrected chi connectivity index (χ1v) is 7.32. The van der Waals surface area contributed by atoms with E-state index in [9.17, 15) is 14.7 Å². The molecule has 0 bridgehead atoms. The monoisotopic (exact) mass is 295 g/mol. The van der Waals surface area contributed by atoms with E-state index in [0.29, 0.717) is 18.7 Å². The largest absolute Gasteiger partial charge is 0.478 e. The number of carbonyl (C=O) groups is 2. The van der Waals surface area contributed by atoms with Crippen LogP contribution in [0.2, 0.25) is 0 Å². The van der Waals surface area contributed by atoms with Gasteiger partial charge in [-0.2, -0.15) is 0 Å². The number of thiophene rings is 1. The van der Waals surface area contributed by atoms with Crippen molar-refractivity contribution in [1.82, 2.24) is 4.90 Å². The minimum absolute atomic E-state index is 0.109. The Morgan fingerprint density at radius 1 is 1.50 bits per heavy atom. The van der Waals surface area contributed by atoms with Crippen molar-refractivity contribution in [2.24, 2.45) is 5.92 Å². The van der Waals surface area contributed by atoms with Gasteiger partial charge in [0.25, 0.3) is 5.91 Å². The average Bonchev–Trinajstić information content (AvgIpc) is 2.87. The van der Waals surface area contributed by atoms with Gasteiger partial charge < -0.3 is 15.1 Å². The predicted octanol–water partition coefficient (Wildman–Crippen LogP) is 1.69. The molecule has 6 heteroatoms. The predicted molar refractivity (Wildman–Crippen MR) is 76.7 cm³/mol. The van der Waals surface area contributed by atoms with Gasteiger partial charge in [-0.1, -0.05) is 6.92 Å². The Labute approximate surface area is 121 Å². The highest BCUT2D eigenvalue weighted by Gasteiger charge is 2.28. The molecule has 0 spiro atoms. The summed E-state index contributed by atoms with van der Waals surface area (Å²) >= 11 is 1.33. The van der Waals surface area contributed by atoms with E-state index in [-0.39, 0.29) is 11.8 Å². The van der Waals surface area contributed by atoms with Crippen LogP contribution in [0.25, 0.3) is 6.08 Å². The van der Waals surface area contributed by atoms with Crippen LogP contribution < -0.4 is 0 Å². The van der Waals surface area contributed by atoms with Gasteiger partial charge in [-0.05, 0) is 24.5 Å². The number of amides is 1. The van der Waals surface area contributed by atoms with Crippen LogP contribution in [0.5, 0.6) is 0 Å². The lowest BCUT2D eigenvalue weighted by Gasteiger charge is -2.34. The van der Waals surface area contributed by atoms with Crippen LogP contribution in [-0.4, -0.2) is 46.2 Å². The van der Waals surface area contributed by atoms with E-state index in [1.807, 2.05) is 6.92 Å². The van der Waals surface area contributed by atoms with Gasteiger partial charge in [-0.3, -0.25) is 4.79 Å². The Hall–Kier alpha value is -1.66. The lowest BCUT2D eigenvalue weighted by atomic mass is 9.96. The summed E-state index contributed by atoms with van der Waals surface area (Å²) in [5.74, 6) is -0.905. The van der Waals surface area contributed by atoms with Gasteiger partial charge in [0.1, 0.15) is 0 Å². The summed E-state index contributed by atoms with van der Waals surface area (Å²) in [7, 11) is 0. The number of likely N-dealkylation sites (tertiary alicyclic amines) is 1. The van der Waals surface area contributed by atoms with Crippen LogP contribution in [-0.2, 0) is 4.79 Å². The van der Waals surface area contributed by atoms with Crippen molar-refractivity contribution in [2.45, 2.75) is 19.4 Å². The van der Waals surface area contributed by atoms with Crippen molar-refractivity contribution in [3.05, 3.63) is 28.0 Å². The van der Waals surface area contributed by atoms with Crippen LogP contribution in [0.15, 0.2) is 17.5 Å². The fourth-order valence-corrected chi connectivity index (χ4v) is 2.90. The third kappa shape index (κ3) is 3.46. The molecule has 108 valence electrons. The summed E-state index contributed by atoms with van der Waals surface area (Å²) < 4.78 is 0. The van der Waals surface area contributed by atoms with Crippen molar-refractivity contribution in [2.75, 3.05) is 13.1 Å². The number of β-amino-alcohol motifs (C(OH)–C–C–N with tert-alkyl or cyclic N) is 1. The Morgan fingerprint density at radius 3 is 2.90 bits per heavy atom. The molecule has 2 unspecified atom stereocenters. The Morgan fingerprint density at radius 2 is 2.25 bits per heavy atom. The highest BCUT2D eigenvalue weighted by atomic mass is 32.1. The molecule has 2 atom stereocenters. The van der Waals surface area contributed by atoms with E-state index in [0.717, 1.165) is 17.4 Å². The minimum atomic E-state index is -1.01. The van der Waals surface area contributed by atoms with E-state index in [1.165, 1.54) is 17.4 Å². The first-order valence-electron chi connectivity index (χ1n) is 6.44. The molecular formula is C14H17NO4S. The summed E-state index contributed by atoms with van der Waals surface area (Å²) in [6.07, 6.45) is 2.84. The van der Waals surface area contributed by atoms with Crippen molar-refractivity contribution in [3.8, 4) is 0 Å². The maximum absolute atomic E-state index is 12.3. The van der Waals surface area contributed by atoms with Crippen LogP contribution in [0.1, 0.15) is 28.6 Å². The normalized spacial score (nSPS) is 23.2. The highest BCUT2D eigenvalue weighted by molar-refractivity contribution is 7.11. The number of piperidine rings is 1. The molecule has 1 aromatic heterocycles. The summed E-state index contributed by atoms with van der Waals surface area (Å²) in [5, 5.41) is 20.1. The molecule has 1 saturated heterocycles. The molecule has 1 fully saturated rings. The van der Waals surface area contributed by atoms with Crippen LogP contribution in [0.3, 0.4) is 0 Å². The summed E-state index contributed by atoms with van der Waals surface area (Å²) in [6, 6.07) is 1.68. The summed E-state index contributed by atoms with van der Waals surface area (Å²) in [4.78, 5) is 25.1. The number of aliphatic carboxylic acids is 1. The van der Waals surface area contributed by atoms with Crippen LogP contribution >= 0.6 is 11.3 Å². The average molecular weight is 295 g/mol. The number of hydrogen-bond acceptors (Lipinski definition) is 4. The number of nitrogens with zero attached hydrogens (tertiary/aromatic N) is 1. The Balaban J connectivity index is 2.04. The van der Waals surface area contributed by atoms with E-state index in [4.69, 9.17) is 5.11 Å². The maximum atomic E-state index is 12.3. The molecule has 1 aliphatic heterocycles. The zero-order valence-electron chi connectivity index (χ0n) is 11.2. The number of aliphatic hydroxyl groups is 1. The van der Waals surface area contributed by atoms with E-state index in [2.05, 4.69) is 0 Å². The lowest BCUT2D eigenvalue weighted by Crippen LogP contribution is -2.45. The van der Waals surface area contributed by atoms with E-state index < -0.39 is 12.1 Å². The molecule has 0 aromatic carbocycles. The SMILES string of the molecule is CC1CCN(C(=O)c2csc(/C=C/C(=O)O)c2)CC1O. The van der Waals surface area contributed by atoms with Crippen LogP contribution in [0.4, 0.5) is 0 Å². The number of rotatable bonds is 3. The van der Waals surface area contributed by atoms with Gasteiger partial charge in [0.05, 0.1) is 11.7 Å². The smallest absolute Gasteiger partial charge is 0.328 e. The lowest BCUT2D eigenvalue weighted by molar-refractivity contribution is -0.131. The van der Waals surface area contributed by atoms with Crippen molar-refractivity contribution in [3.63, 3.8) is 0 Å². The second-order valence-electron chi connectivity index (χ2n) is 4.99. The van der Waals surface area contributed by atoms with Gasteiger partial charge in [-0.15, -0.1) is 11.3 Å². The fraction of sp³-hybridized carbons (Fsp3) is 0.429. The molecule has 2 heterocycles. The zero-order chi connectivity index (χ0) is 14.7. The molecule has 1 amide bonds. The van der Waals surface area contributed by atoms with Gasteiger partial charge in [0.15, 0.2) is 0 Å². The first-order chi connectivity index (χ1) is 9.47. The van der Waals surface area contributed by atoms with Gasteiger partial charge in [0.2, 0.25) is 0 Å². The molecule has 2 N–H and O–H groups in total. The number of hydrogen-bond donors (Lipinski definition) is 2. The number of aliphatic hydroxyl groups excluding tert-OH is 1. The van der Waals surface area contributed by atoms with Crippen molar-refractivity contribution >= 4 is 29.3 Å². The van der Waals surface area contributed by atoms with Gasteiger partial charge in [-0.25, -0.2) is 4.79 Å². The Kier molecular flexibility index (Phi) is 4.57. The third-order valence-electron chi connectivity index (χ3n) is 3.46. The minimum Gasteiger partial charge on any atom is -0.478 e. The molecule has 1 aromatic rings. The summed E-state index contributed by atoms with van der Waals surface area (Å²) in [6.45, 7) is 2.98. The first kappa shape index (κ1) is 14.7. The van der Waals surface area contributed by atoms with E-state index in [1.54, 1.807) is 16.3 Å². The molecule has 5 nitrogen and oxygen atoms in total. The molecule has 20 heavy (non-hydrogen) atoms. The summed E-state index contributed by atoms with van der Waals surface area (Å²) in [5.41, 5.74) is 0.543. The topological polar surface area (TPSA) is 77.8 Å². The van der Waals surface area contributed by atoms with Crippen molar-refractivity contribution in [1.29, 1.82) is 0 Å². The number of carboxylic acids is 1. The Bertz CT molecular complexity index is 537. The second kappa shape index (κ2) is 6.19. The maximum Gasteiger partial charge on any atom is 0.328 e. The molecule has 2 rings (SSSR count). The fourth-order valence-electron chi connectivity index (χ4n) is 2.12. The second-order valence-corrected chi connectivity index (χ2v) is 5.94. The highest BCUT2D eigenvalue weighted by Crippen LogP contribution is 2.22. The van der Waals surface area contributed by atoms with Crippen molar-refractivity contribution < 1.29 is 19.8 Å². The third-order valence-corrected chi connectivity index (χ3v) is 4.36. The van der Waals surface area contributed by atoms with E-state index >= 15 is 0 Å². The van der Waals surface area contributed by atoms with Crippen LogP contribution in [0, 0.1) is 5.92 Å². The number of carbonyl (C=O) groups excluding carboxylic acids is 1. The standard InChI is InChI=1S/C14H17NO4S/c1-9-4-5-15(7-12(9)16)14(19)10-6-11(20-8-10)2-3-13(17)18/h2-3,6,8-9,12,16H,4-5,7H2,1H3,(H,17,18)/b3-2+. The molecule has 0 aliphatic carbocycles. The molecule has 0 saturated carbocycles. The zero-order valence-corrected chi connectivity index (χ0v) is 12.0. The number of carboxylic acid groups (broad SMARTS) is 1. The quantitative estimate of drug-likeness (QED) is 0.832. The molecule has 0 radical (unpaired) electrons. The van der Waals surface area contributed by atoms with Gasteiger partial charge >= 0.3 is 5.97 Å². The molecular weight excluding hydrogens is 278 g/mol.